The third kappa shape index (κ3) is 9.15. The Kier molecular flexibility index (Phi) is 11.7. The molecule has 0 atom stereocenters. The molecule has 0 heterocycles. The maximum Gasteiger partial charge on any atom is 0.265 e. The molecule has 4 aromatic carbocycles. The van der Waals surface area contributed by atoms with Crippen molar-refractivity contribution in [2.24, 2.45) is 5.10 Å². The van der Waals surface area contributed by atoms with Crippen LogP contribution in [0, 0.1) is 6.92 Å². The van der Waals surface area contributed by atoms with E-state index in [1.165, 1.54) is 63.9 Å². The molecule has 14 heteroatoms. The summed E-state index contributed by atoms with van der Waals surface area (Å²) in [7, 11) is -0.189. The first-order valence-corrected chi connectivity index (χ1v) is 15.9. The van der Waals surface area contributed by atoms with E-state index >= 15 is 0 Å². The number of nitrogens with one attached hydrogen (secondary N) is 2. The molecule has 2 N–H and O–H groups in total. The maximum atomic E-state index is 13.9. The van der Waals surface area contributed by atoms with E-state index in [-0.39, 0.29) is 39.6 Å². The van der Waals surface area contributed by atoms with Crippen LogP contribution in [0.3, 0.4) is 0 Å². The normalized spacial score (nSPS) is 11.1. The second-order valence-electron chi connectivity index (χ2n) is 9.91. The average Bonchev–Trinajstić information content (AvgIpc) is 3.07. The first kappa shape index (κ1) is 34.6. The van der Waals surface area contributed by atoms with Crippen LogP contribution in [0.5, 0.6) is 23.0 Å². The number of amides is 2. The minimum atomic E-state index is -4.37. The van der Waals surface area contributed by atoms with Crippen molar-refractivity contribution in [3.63, 3.8) is 0 Å². The van der Waals surface area contributed by atoms with Gasteiger partial charge in [0, 0.05) is 16.8 Å². The van der Waals surface area contributed by atoms with Gasteiger partial charge in [0.1, 0.15) is 18.0 Å². The fraction of sp³-hybridized carbons (Fsp3) is 0.182. The van der Waals surface area contributed by atoms with E-state index < -0.39 is 22.5 Å². The van der Waals surface area contributed by atoms with Crippen molar-refractivity contribution in [1.29, 1.82) is 0 Å². The third-order valence-corrected chi connectivity index (χ3v) is 8.62. The summed E-state index contributed by atoms with van der Waals surface area (Å²) < 4.78 is 50.1. The Labute approximate surface area is 277 Å². The van der Waals surface area contributed by atoms with Crippen LogP contribution in [-0.4, -0.2) is 60.9 Å². The van der Waals surface area contributed by atoms with E-state index in [1.807, 2.05) is 31.2 Å². The summed E-state index contributed by atoms with van der Waals surface area (Å²) >= 11 is 6.21. The highest BCUT2D eigenvalue weighted by atomic mass is 35.5. The summed E-state index contributed by atoms with van der Waals surface area (Å²) in [6, 6.07) is 22.5. The molecule has 0 aliphatic rings. The summed E-state index contributed by atoms with van der Waals surface area (Å²) in [5.41, 5.74) is 4.75. The van der Waals surface area contributed by atoms with Crippen molar-refractivity contribution in [3.8, 4) is 23.0 Å². The number of ether oxygens (including phenoxy) is 4. The molecule has 0 radical (unpaired) electrons. The van der Waals surface area contributed by atoms with E-state index in [2.05, 4.69) is 15.8 Å². The van der Waals surface area contributed by atoms with Gasteiger partial charge in [-0.05, 0) is 79.2 Å². The molecule has 0 fully saturated rings. The van der Waals surface area contributed by atoms with Crippen LogP contribution in [0.15, 0.2) is 94.9 Å². The van der Waals surface area contributed by atoms with E-state index in [1.54, 1.807) is 24.3 Å². The van der Waals surface area contributed by atoms with Gasteiger partial charge in [-0.2, -0.15) is 5.10 Å². The number of carbonyl (C=O) groups excluding carboxylic acids is 2. The first-order valence-electron chi connectivity index (χ1n) is 14.0. The molecule has 12 nitrogen and oxygen atoms in total. The third-order valence-electron chi connectivity index (χ3n) is 6.63. The lowest BCUT2D eigenvalue weighted by Crippen LogP contribution is -2.39. The summed E-state index contributed by atoms with van der Waals surface area (Å²) in [4.78, 5) is 25.1. The van der Waals surface area contributed by atoms with Crippen LogP contribution < -0.4 is 34.0 Å². The molecule has 0 saturated carbocycles. The number of benzene rings is 4. The number of aryl methyl sites for hydroxylation is 1. The number of rotatable bonds is 14. The maximum absolute atomic E-state index is 13.9. The number of anilines is 2. The Morgan fingerprint density at radius 1 is 0.830 bits per heavy atom. The zero-order valence-electron chi connectivity index (χ0n) is 26.0. The average molecular weight is 681 g/mol. The van der Waals surface area contributed by atoms with Gasteiger partial charge in [0.25, 0.3) is 21.8 Å². The molecule has 0 aliphatic heterocycles. The number of halogens is 1. The number of methoxy groups -OCH3 is 3. The lowest BCUT2D eigenvalue weighted by atomic mass is 10.2. The number of nitrogens with zero attached hydrogens (tertiary/aromatic N) is 2. The quantitative estimate of drug-likeness (QED) is 0.139. The lowest BCUT2D eigenvalue weighted by molar-refractivity contribution is -0.119. The van der Waals surface area contributed by atoms with Crippen LogP contribution >= 0.6 is 11.6 Å². The Morgan fingerprint density at radius 2 is 1.49 bits per heavy atom. The Morgan fingerprint density at radius 3 is 2.15 bits per heavy atom. The predicted molar refractivity (Wildman–Crippen MR) is 180 cm³/mol. The summed E-state index contributed by atoms with van der Waals surface area (Å²) in [5, 5.41) is 6.95. The van der Waals surface area contributed by atoms with Gasteiger partial charge in [-0.3, -0.25) is 13.9 Å². The van der Waals surface area contributed by atoms with Gasteiger partial charge in [-0.1, -0.05) is 29.3 Å². The van der Waals surface area contributed by atoms with Gasteiger partial charge < -0.3 is 24.3 Å². The molecular formula is C33H33ClN4O8S. The number of carbonyl (C=O) groups is 2. The molecule has 47 heavy (non-hydrogen) atoms. The fourth-order valence-electron chi connectivity index (χ4n) is 4.24. The molecule has 0 aliphatic carbocycles. The van der Waals surface area contributed by atoms with Gasteiger partial charge in [0.05, 0.1) is 38.1 Å². The topological polar surface area (TPSA) is 145 Å². The van der Waals surface area contributed by atoms with Gasteiger partial charge in [0.15, 0.2) is 18.1 Å². The van der Waals surface area contributed by atoms with Gasteiger partial charge >= 0.3 is 0 Å². The Hall–Kier alpha value is -5.27. The highest BCUT2D eigenvalue weighted by Gasteiger charge is 2.30. The standard InChI is InChI=1S/C33H33ClN4O8S/c1-22-5-10-25(11-6-22)36-33(40)21-46-26-12-7-23(8-13-26)19-35-37-32(39)20-38(28-17-24(34)9-15-29(28)43-2)47(41,42)27-14-16-30(44-3)31(18-27)45-4/h5-19H,20-21H2,1-4H3,(H,36,40)(H,37,39)/b35-19-. The highest BCUT2D eigenvalue weighted by Crippen LogP contribution is 2.37. The summed E-state index contributed by atoms with van der Waals surface area (Å²) in [6.45, 7) is 1.11. The van der Waals surface area contributed by atoms with Crippen LogP contribution in [0.4, 0.5) is 11.4 Å². The molecule has 0 unspecified atom stereocenters. The molecule has 0 aromatic heterocycles. The van der Waals surface area contributed by atoms with Gasteiger partial charge in [-0.15, -0.1) is 0 Å². The number of hydrogen-bond acceptors (Lipinski definition) is 9. The minimum Gasteiger partial charge on any atom is -0.495 e. The van der Waals surface area contributed by atoms with E-state index in [0.717, 1.165) is 9.87 Å². The van der Waals surface area contributed by atoms with E-state index in [4.69, 9.17) is 30.5 Å². The molecule has 4 rings (SSSR count). The largest absolute Gasteiger partial charge is 0.495 e. The molecule has 0 bridgehead atoms. The van der Waals surface area contributed by atoms with E-state index in [0.29, 0.717) is 22.7 Å². The van der Waals surface area contributed by atoms with Gasteiger partial charge in [-0.25, -0.2) is 13.8 Å². The molecule has 0 spiro atoms. The molecule has 2 amide bonds. The molecule has 246 valence electrons. The van der Waals surface area contributed by atoms with Crippen molar-refractivity contribution in [1.82, 2.24) is 5.43 Å². The smallest absolute Gasteiger partial charge is 0.265 e. The predicted octanol–water partition coefficient (Wildman–Crippen LogP) is 5.04. The summed E-state index contributed by atoms with van der Waals surface area (Å²) in [6.07, 6.45) is 1.37. The molecule has 0 saturated heterocycles. The number of hydrogen-bond donors (Lipinski definition) is 2. The second-order valence-corrected chi connectivity index (χ2v) is 12.2. The van der Waals surface area contributed by atoms with Crippen molar-refractivity contribution < 1.29 is 37.0 Å². The zero-order valence-corrected chi connectivity index (χ0v) is 27.6. The van der Waals surface area contributed by atoms with Gasteiger partial charge in [0.2, 0.25) is 0 Å². The van der Waals surface area contributed by atoms with Crippen LogP contribution in [0.2, 0.25) is 5.02 Å². The highest BCUT2D eigenvalue weighted by molar-refractivity contribution is 7.92. The van der Waals surface area contributed by atoms with Crippen LogP contribution in [0.1, 0.15) is 11.1 Å². The number of hydrazone groups is 1. The zero-order chi connectivity index (χ0) is 34.0. The van der Waals surface area contributed by atoms with Crippen molar-refractivity contribution in [2.75, 3.05) is 44.1 Å². The van der Waals surface area contributed by atoms with Crippen molar-refractivity contribution in [2.45, 2.75) is 11.8 Å². The van der Waals surface area contributed by atoms with E-state index in [9.17, 15) is 18.0 Å². The number of sulfonamides is 1. The molecule has 4 aromatic rings. The second kappa shape index (κ2) is 15.8. The lowest BCUT2D eigenvalue weighted by Gasteiger charge is -2.25. The Balaban J connectivity index is 1.44. The summed E-state index contributed by atoms with van der Waals surface area (Å²) in [5.74, 6) is 0.0873. The van der Waals surface area contributed by atoms with Crippen molar-refractivity contribution in [3.05, 3.63) is 101 Å². The van der Waals surface area contributed by atoms with Crippen molar-refractivity contribution >= 4 is 51.0 Å². The monoisotopic (exact) mass is 680 g/mol. The first-order chi connectivity index (χ1) is 22.5. The van der Waals surface area contributed by atoms with Crippen LogP contribution in [-0.2, 0) is 19.6 Å². The molecular weight excluding hydrogens is 648 g/mol. The minimum absolute atomic E-state index is 0.0389. The Bertz CT molecular complexity index is 1850. The van der Waals surface area contributed by atoms with Crippen LogP contribution in [0.25, 0.3) is 0 Å². The fourth-order valence-corrected chi connectivity index (χ4v) is 5.85. The SMILES string of the molecule is COc1ccc(S(=O)(=O)N(CC(=O)N/N=C\c2ccc(OCC(=O)Nc3ccc(C)cc3)cc2)c2cc(Cl)ccc2OC)cc1OC.